The molecule has 3 aromatic rings. The lowest BCUT2D eigenvalue weighted by atomic mass is 10.00. The van der Waals surface area contributed by atoms with Crippen LogP contribution in [0.25, 0.3) is 10.8 Å². The normalized spacial score (nSPS) is 15.8. The van der Waals surface area contributed by atoms with Gasteiger partial charge >= 0.3 is 6.09 Å². The standard InChI is InChI=1S/C30H34BrN3O6/c1-30(2,3)40-29(38)32-16-25(35)28(37)34(24-13-9-18-7-5-6-8-23(18)33-27(24)36)17-22-21-12-11-20(31)15-19(21)10-14-26(22)39-4/h5-8,10-12,14-15,24-25,35H,9,13,16-17H2,1-4H3,(H,32,38)(H,33,36)/t24?,25-/m0/s1. The van der Waals surface area contributed by atoms with Gasteiger partial charge in [-0.25, -0.2) is 4.79 Å². The topological polar surface area (TPSA) is 117 Å². The van der Waals surface area contributed by atoms with Crippen molar-refractivity contribution in [2.75, 3.05) is 19.0 Å². The van der Waals surface area contributed by atoms with Crippen molar-refractivity contribution in [2.24, 2.45) is 0 Å². The number of alkyl carbamates (subject to hydrolysis) is 1. The lowest BCUT2D eigenvalue weighted by molar-refractivity contribution is -0.146. The van der Waals surface area contributed by atoms with Gasteiger partial charge in [-0.1, -0.05) is 46.3 Å². The van der Waals surface area contributed by atoms with Gasteiger partial charge in [0.1, 0.15) is 23.5 Å². The van der Waals surface area contributed by atoms with Crippen LogP contribution < -0.4 is 15.4 Å². The molecule has 2 atom stereocenters. The van der Waals surface area contributed by atoms with Crippen molar-refractivity contribution in [2.45, 2.75) is 57.9 Å². The van der Waals surface area contributed by atoms with Gasteiger partial charge in [0.05, 0.1) is 20.2 Å². The van der Waals surface area contributed by atoms with Crippen molar-refractivity contribution in [3.8, 4) is 5.75 Å². The van der Waals surface area contributed by atoms with Crippen LogP contribution in [0.4, 0.5) is 10.5 Å². The van der Waals surface area contributed by atoms with Crippen LogP contribution in [0.5, 0.6) is 5.75 Å². The summed E-state index contributed by atoms with van der Waals surface area (Å²) in [5.74, 6) is -0.503. The molecule has 0 fully saturated rings. The second-order valence-electron chi connectivity index (χ2n) is 10.7. The molecule has 3 amide bonds. The summed E-state index contributed by atoms with van der Waals surface area (Å²) < 4.78 is 11.8. The Morgan fingerprint density at radius 1 is 1.18 bits per heavy atom. The maximum Gasteiger partial charge on any atom is 0.407 e. The fraction of sp³-hybridized carbons (Fsp3) is 0.367. The van der Waals surface area contributed by atoms with Gasteiger partial charge in [-0.15, -0.1) is 0 Å². The number of benzene rings is 3. The molecule has 1 unspecified atom stereocenters. The fourth-order valence-corrected chi connectivity index (χ4v) is 5.16. The van der Waals surface area contributed by atoms with E-state index in [1.807, 2.05) is 54.6 Å². The molecule has 3 N–H and O–H groups in total. The Morgan fingerprint density at radius 3 is 2.65 bits per heavy atom. The van der Waals surface area contributed by atoms with Gasteiger partial charge in [-0.2, -0.15) is 0 Å². The van der Waals surface area contributed by atoms with Crippen LogP contribution in [-0.2, 0) is 27.3 Å². The van der Waals surface area contributed by atoms with Gasteiger partial charge in [0.2, 0.25) is 5.91 Å². The van der Waals surface area contributed by atoms with E-state index < -0.39 is 29.7 Å². The molecule has 0 aromatic heterocycles. The summed E-state index contributed by atoms with van der Waals surface area (Å²) in [4.78, 5) is 40.9. The molecule has 9 nitrogen and oxygen atoms in total. The summed E-state index contributed by atoms with van der Waals surface area (Å²) in [5.41, 5.74) is 1.62. The second-order valence-corrected chi connectivity index (χ2v) is 11.6. The van der Waals surface area contributed by atoms with Crippen LogP contribution in [-0.4, -0.2) is 59.3 Å². The molecule has 4 rings (SSSR count). The first kappa shape index (κ1) is 29.4. The Balaban J connectivity index is 1.68. The number of methoxy groups -OCH3 is 1. The smallest absolute Gasteiger partial charge is 0.407 e. The molecule has 0 aliphatic carbocycles. The molecule has 0 saturated heterocycles. The van der Waals surface area contributed by atoms with Gasteiger partial charge in [0.25, 0.3) is 5.91 Å². The van der Waals surface area contributed by atoms with Crippen molar-refractivity contribution in [1.82, 2.24) is 10.2 Å². The molecule has 40 heavy (non-hydrogen) atoms. The number of para-hydroxylation sites is 1. The zero-order valence-electron chi connectivity index (χ0n) is 23.0. The molecule has 1 heterocycles. The van der Waals surface area contributed by atoms with E-state index in [1.165, 1.54) is 4.90 Å². The SMILES string of the molecule is COc1ccc2cc(Br)ccc2c1CN(C(=O)[C@@H](O)CNC(=O)OC(C)(C)C)C1CCc2ccccc2NC1=O. The zero-order valence-corrected chi connectivity index (χ0v) is 24.6. The maximum absolute atomic E-state index is 13.8. The average molecular weight is 613 g/mol. The van der Waals surface area contributed by atoms with Crippen LogP contribution in [0, 0.1) is 0 Å². The number of hydrogen-bond acceptors (Lipinski definition) is 6. The van der Waals surface area contributed by atoms with Gasteiger partial charge in [0.15, 0.2) is 0 Å². The number of nitrogens with one attached hydrogen (secondary N) is 2. The molecule has 10 heteroatoms. The summed E-state index contributed by atoms with van der Waals surface area (Å²) in [6.07, 6.45) is -1.47. The number of carbonyl (C=O) groups excluding carboxylic acids is 3. The number of aliphatic hydroxyl groups excluding tert-OH is 1. The van der Waals surface area contributed by atoms with E-state index in [9.17, 15) is 19.5 Å². The third kappa shape index (κ3) is 6.92. The van der Waals surface area contributed by atoms with Crippen LogP contribution >= 0.6 is 15.9 Å². The first-order chi connectivity index (χ1) is 19.0. The number of amides is 3. The first-order valence-corrected chi connectivity index (χ1v) is 13.9. The highest BCUT2D eigenvalue weighted by Crippen LogP contribution is 2.33. The van der Waals surface area contributed by atoms with Gasteiger partial charge in [0, 0.05) is 15.7 Å². The zero-order chi connectivity index (χ0) is 29.0. The van der Waals surface area contributed by atoms with Crippen molar-refractivity contribution in [3.63, 3.8) is 0 Å². The van der Waals surface area contributed by atoms with Crippen LogP contribution in [0.1, 0.15) is 38.3 Å². The minimum absolute atomic E-state index is 0.00108. The number of hydrogen-bond donors (Lipinski definition) is 3. The minimum atomic E-state index is -1.61. The van der Waals surface area contributed by atoms with E-state index in [2.05, 4.69) is 26.6 Å². The minimum Gasteiger partial charge on any atom is -0.496 e. The number of fused-ring (bicyclic) bond motifs is 2. The third-order valence-corrected chi connectivity index (χ3v) is 7.14. The quantitative estimate of drug-likeness (QED) is 0.354. The number of carbonyl (C=O) groups is 3. The predicted molar refractivity (Wildman–Crippen MR) is 156 cm³/mol. The van der Waals surface area contributed by atoms with Gasteiger partial charge in [-0.05, 0) is 74.2 Å². The monoisotopic (exact) mass is 611 g/mol. The lowest BCUT2D eigenvalue weighted by Gasteiger charge is -2.32. The Morgan fingerprint density at radius 2 is 1.93 bits per heavy atom. The highest BCUT2D eigenvalue weighted by Gasteiger charge is 2.36. The van der Waals surface area contributed by atoms with Crippen molar-refractivity contribution < 1.29 is 29.0 Å². The molecule has 1 aliphatic heterocycles. The first-order valence-electron chi connectivity index (χ1n) is 13.1. The third-order valence-electron chi connectivity index (χ3n) is 6.65. The highest BCUT2D eigenvalue weighted by molar-refractivity contribution is 9.10. The van der Waals surface area contributed by atoms with Crippen LogP contribution in [0.2, 0.25) is 0 Å². The Labute approximate surface area is 242 Å². The van der Waals surface area contributed by atoms with Crippen molar-refractivity contribution >= 4 is 50.3 Å². The molecule has 3 aromatic carbocycles. The molecule has 0 spiro atoms. The summed E-state index contributed by atoms with van der Waals surface area (Å²) in [5, 5.41) is 18.1. The second kappa shape index (κ2) is 12.3. The molecule has 0 saturated carbocycles. The van der Waals surface area contributed by atoms with E-state index >= 15 is 0 Å². The fourth-order valence-electron chi connectivity index (χ4n) is 4.78. The number of ether oxygens (including phenoxy) is 2. The van der Waals surface area contributed by atoms with Crippen molar-refractivity contribution in [3.05, 3.63) is 70.2 Å². The molecule has 1 aliphatic rings. The predicted octanol–water partition coefficient (Wildman–Crippen LogP) is 4.78. The Kier molecular flexibility index (Phi) is 9.00. The number of aryl methyl sites for hydroxylation is 1. The highest BCUT2D eigenvalue weighted by atomic mass is 79.9. The van der Waals surface area contributed by atoms with Gasteiger partial charge in [-0.3, -0.25) is 9.59 Å². The van der Waals surface area contributed by atoms with E-state index in [0.29, 0.717) is 29.8 Å². The Hall–Kier alpha value is -3.63. The van der Waals surface area contributed by atoms with Crippen LogP contribution in [0.15, 0.2) is 59.1 Å². The molecule has 0 bridgehead atoms. The number of anilines is 1. The molecular formula is C30H34BrN3O6. The summed E-state index contributed by atoms with van der Waals surface area (Å²) >= 11 is 3.50. The molecular weight excluding hydrogens is 578 g/mol. The van der Waals surface area contributed by atoms with E-state index in [-0.39, 0.29) is 19.0 Å². The Bertz CT molecular complexity index is 1420. The number of halogens is 1. The molecule has 0 radical (unpaired) electrons. The van der Waals surface area contributed by atoms with Gasteiger partial charge < -0.3 is 30.1 Å². The summed E-state index contributed by atoms with van der Waals surface area (Å²) in [6.45, 7) is 4.77. The van der Waals surface area contributed by atoms with Crippen molar-refractivity contribution in [1.29, 1.82) is 0 Å². The van der Waals surface area contributed by atoms with Crippen LogP contribution in [0.3, 0.4) is 0 Å². The van der Waals surface area contributed by atoms with E-state index in [4.69, 9.17) is 9.47 Å². The van der Waals surface area contributed by atoms with E-state index in [0.717, 1.165) is 20.8 Å². The van der Waals surface area contributed by atoms with E-state index in [1.54, 1.807) is 27.9 Å². The number of nitrogens with zero attached hydrogens (tertiary/aromatic N) is 1. The lowest BCUT2D eigenvalue weighted by Crippen LogP contribution is -2.52. The largest absolute Gasteiger partial charge is 0.496 e. The molecule has 212 valence electrons. The number of rotatable bonds is 7. The maximum atomic E-state index is 13.8. The number of aliphatic hydroxyl groups is 1. The average Bonchev–Trinajstić information content (AvgIpc) is 3.06. The summed E-state index contributed by atoms with van der Waals surface area (Å²) in [6, 6.07) is 16.1. The summed E-state index contributed by atoms with van der Waals surface area (Å²) in [7, 11) is 1.55.